The van der Waals surface area contributed by atoms with Crippen molar-refractivity contribution in [1.29, 1.82) is 0 Å². The van der Waals surface area contributed by atoms with E-state index in [1.54, 1.807) is 13.0 Å². The van der Waals surface area contributed by atoms with Gasteiger partial charge in [0.05, 0.1) is 6.54 Å². The second-order valence-corrected chi connectivity index (χ2v) is 3.89. The highest BCUT2D eigenvalue weighted by molar-refractivity contribution is 5.19. The summed E-state index contributed by atoms with van der Waals surface area (Å²) in [6.07, 6.45) is 0. The van der Waals surface area contributed by atoms with Crippen molar-refractivity contribution in [2.75, 3.05) is 0 Å². The van der Waals surface area contributed by atoms with E-state index in [2.05, 4.69) is 15.5 Å². The molecule has 1 atom stereocenters. The van der Waals surface area contributed by atoms with Gasteiger partial charge in [0.1, 0.15) is 5.82 Å². The van der Waals surface area contributed by atoms with Crippen LogP contribution in [0.25, 0.3) is 0 Å². The van der Waals surface area contributed by atoms with Crippen molar-refractivity contribution < 1.29 is 8.91 Å². The summed E-state index contributed by atoms with van der Waals surface area (Å²) in [6, 6.07) is 6.55. The SMILES string of the molecule is Cc1nc(CN[C@H](C)c2cccc(F)c2)no1. The van der Waals surface area contributed by atoms with E-state index in [-0.39, 0.29) is 11.9 Å². The van der Waals surface area contributed by atoms with Crippen molar-refractivity contribution in [3.05, 3.63) is 47.4 Å². The van der Waals surface area contributed by atoms with Gasteiger partial charge in [-0.05, 0) is 24.6 Å². The van der Waals surface area contributed by atoms with Crippen LogP contribution in [0.4, 0.5) is 4.39 Å². The van der Waals surface area contributed by atoms with E-state index in [1.165, 1.54) is 12.1 Å². The summed E-state index contributed by atoms with van der Waals surface area (Å²) < 4.78 is 17.9. The van der Waals surface area contributed by atoms with Gasteiger partial charge in [0.2, 0.25) is 5.89 Å². The number of nitrogens with zero attached hydrogens (tertiary/aromatic N) is 2. The first kappa shape index (κ1) is 11.7. The molecular formula is C12H14FN3O. The molecule has 0 radical (unpaired) electrons. The monoisotopic (exact) mass is 235 g/mol. The van der Waals surface area contributed by atoms with Crippen LogP contribution in [0.3, 0.4) is 0 Å². The van der Waals surface area contributed by atoms with Gasteiger partial charge in [-0.2, -0.15) is 4.98 Å². The van der Waals surface area contributed by atoms with Crippen molar-refractivity contribution in [2.45, 2.75) is 26.4 Å². The van der Waals surface area contributed by atoms with Gasteiger partial charge < -0.3 is 9.84 Å². The Kier molecular flexibility index (Phi) is 3.49. The Morgan fingerprint density at radius 2 is 2.29 bits per heavy atom. The van der Waals surface area contributed by atoms with Crippen LogP contribution in [0.1, 0.15) is 30.2 Å². The quantitative estimate of drug-likeness (QED) is 0.883. The Morgan fingerprint density at radius 1 is 1.47 bits per heavy atom. The molecule has 1 aromatic carbocycles. The van der Waals surface area contributed by atoms with Crippen molar-refractivity contribution in [3.63, 3.8) is 0 Å². The lowest BCUT2D eigenvalue weighted by Gasteiger charge is -2.12. The van der Waals surface area contributed by atoms with Crippen molar-refractivity contribution >= 4 is 0 Å². The molecule has 0 saturated heterocycles. The Balaban J connectivity index is 1.95. The normalized spacial score (nSPS) is 12.6. The molecule has 0 saturated carbocycles. The minimum absolute atomic E-state index is 0.0320. The van der Waals surface area contributed by atoms with Crippen LogP contribution in [0.5, 0.6) is 0 Å². The van der Waals surface area contributed by atoms with Crippen LogP contribution in [-0.2, 0) is 6.54 Å². The third-order valence-corrected chi connectivity index (χ3v) is 2.48. The smallest absolute Gasteiger partial charge is 0.223 e. The third kappa shape index (κ3) is 3.10. The Hall–Kier alpha value is -1.75. The minimum atomic E-state index is -0.230. The largest absolute Gasteiger partial charge is 0.340 e. The van der Waals surface area contributed by atoms with E-state index >= 15 is 0 Å². The summed E-state index contributed by atoms with van der Waals surface area (Å²) in [5.74, 6) is 0.914. The summed E-state index contributed by atoms with van der Waals surface area (Å²) in [7, 11) is 0. The fourth-order valence-corrected chi connectivity index (χ4v) is 1.55. The fourth-order valence-electron chi connectivity index (χ4n) is 1.55. The van der Waals surface area contributed by atoms with Crippen LogP contribution < -0.4 is 5.32 Å². The maximum Gasteiger partial charge on any atom is 0.223 e. The molecule has 1 heterocycles. The molecule has 0 aliphatic rings. The van der Waals surface area contributed by atoms with Crippen molar-refractivity contribution in [3.8, 4) is 0 Å². The molecule has 5 heteroatoms. The lowest BCUT2D eigenvalue weighted by atomic mass is 10.1. The molecule has 0 aliphatic heterocycles. The first-order chi connectivity index (χ1) is 8.15. The highest BCUT2D eigenvalue weighted by Gasteiger charge is 2.08. The van der Waals surface area contributed by atoms with E-state index < -0.39 is 0 Å². The number of hydrogen-bond donors (Lipinski definition) is 1. The maximum atomic E-state index is 13.0. The summed E-state index contributed by atoms with van der Waals surface area (Å²) in [6.45, 7) is 4.20. The molecule has 0 amide bonds. The van der Waals surface area contributed by atoms with Gasteiger partial charge in [-0.15, -0.1) is 0 Å². The molecule has 90 valence electrons. The molecule has 0 spiro atoms. The van der Waals surface area contributed by atoms with Gasteiger partial charge >= 0.3 is 0 Å². The first-order valence-electron chi connectivity index (χ1n) is 5.43. The zero-order valence-corrected chi connectivity index (χ0v) is 9.77. The molecule has 4 nitrogen and oxygen atoms in total. The third-order valence-electron chi connectivity index (χ3n) is 2.48. The molecule has 17 heavy (non-hydrogen) atoms. The fraction of sp³-hybridized carbons (Fsp3) is 0.333. The van der Waals surface area contributed by atoms with E-state index in [4.69, 9.17) is 4.52 Å². The standard InChI is InChI=1S/C12H14FN3O/c1-8(10-4-3-5-11(13)6-10)14-7-12-15-9(2)17-16-12/h3-6,8,14H,7H2,1-2H3/t8-/m1/s1. The average molecular weight is 235 g/mol. The average Bonchev–Trinajstić information content (AvgIpc) is 2.72. The second kappa shape index (κ2) is 5.05. The summed E-state index contributed by atoms with van der Waals surface area (Å²) >= 11 is 0. The molecule has 0 unspecified atom stereocenters. The molecule has 1 aromatic heterocycles. The van der Waals surface area contributed by atoms with Crippen LogP contribution in [0.2, 0.25) is 0 Å². The van der Waals surface area contributed by atoms with Crippen molar-refractivity contribution in [1.82, 2.24) is 15.5 Å². The van der Waals surface area contributed by atoms with Gasteiger partial charge in [0.25, 0.3) is 0 Å². The highest BCUT2D eigenvalue weighted by atomic mass is 19.1. The maximum absolute atomic E-state index is 13.0. The van der Waals surface area contributed by atoms with E-state index in [1.807, 2.05) is 13.0 Å². The lowest BCUT2D eigenvalue weighted by Crippen LogP contribution is -2.18. The Bertz CT molecular complexity index is 498. The first-order valence-corrected chi connectivity index (χ1v) is 5.43. The zero-order chi connectivity index (χ0) is 12.3. The Morgan fingerprint density at radius 3 is 2.94 bits per heavy atom. The molecule has 2 rings (SSSR count). The van der Waals surface area contributed by atoms with Gasteiger partial charge in [0, 0.05) is 13.0 Å². The van der Waals surface area contributed by atoms with Gasteiger partial charge in [0.15, 0.2) is 5.82 Å². The molecular weight excluding hydrogens is 221 g/mol. The second-order valence-electron chi connectivity index (χ2n) is 3.89. The number of aryl methyl sites for hydroxylation is 1. The predicted molar refractivity (Wildman–Crippen MR) is 60.7 cm³/mol. The lowest BCUT2D eigenvalue weighted by molar-refractivity contribution is 0.384. The predicted octanol–water partition coefficient (Wildman–Crippen LogP) is 2.37. The van der Waals surface area contributed by atoms with Crippen LogP contribution in [-0.4, -0.2) is 10.1 Å². The number of halogens is 1. The molecule has 2 aromatic rings. The van der Waals surface area contributed by atoms with Crippen molar-refractivity contribution in [2.24, 2.45) is 0 Å². The van der Waals surface area contributed by atoms with E-state index in [9.17, 15) is 4.39 Å². The van der Waals surface area contributed by atoms with E-state index in [0.29, 0.717) is 18.3 Å². The van der Waals surface area contributed by atoms with Crippen LogP contribution >= 0.6 is 0 Å². The summed E-state index contributed by atoms with van der Waals surface area (Å²) in [5.41, 5.74) is 0.894. The van der Waals surface area contributed by atoms with Gasteiger partial charge in [-0.25, -0.2) is 4.39 Å². The van der Waals surface area contributed by atoms with Crippen LogP contribution in [0, 0.1) is 12.7 Å². The van der Waals surface area contributed by atoms with Gasteiger partial charge in [-0.3, -0.25) is 0 Å². The number of rotatable bonds is 4. The zero-order valence-electron chi connectivity index (χ0n) is 9.77. The number of benzene rings is 1. The van der Waals surface area contributed by atoms with Gasteiger partial charge in [-0.1, -0.05) is 17.3 Å². The molecule has 0 aliphatic carbocycles. The molecule has 0 fully saturated rings. The summed E-state index contributed by atoms with van der Waals surface area (Å²) in [5, 5.41) is 6.98. The Labute approximate surface area is 98.8 Å². The van der Waals surface area contributed by atoms with Crippen LogP contribution in [0.15, 0.2) is 28.8 Å². The van der Waals surface area contributed by atoms with E-state index in [0.717, 1.165) is 5.56 Å². The summed E-state index contributed by atoms with van der Waals surface area (Å²) in [4.78, 5) is 4.08. The highest BCUT2D eigenvalue weighted by Crippen LogP contribution is 2.13. The molecule has 1 N–H and O–H groups in total. The number of aromatic nitrogens is 2. The number of hydrogen-bond acceptors (Lipinski definition) is 4. The number of nitrogens with one attached hydrogen (secondary N) is 1. The minimum Gasteiger partial charge on any atom is -0.340 e. The topological polar surface area (TPSA) is 51.0 Å². The molecule has 0 bridgehead atoms.